The molecule has 0 saturated heterocycles. The number of nitrogens with zero attached hydrogens (tertiary/aromatic N) is 1. The maximum atomic E-state index is 13.0. The van der Waals surface area contributed by atoms with Crippen LogP contribution < -0.4 is 10.1 Å². The second-order valence-electron chi connectivity index (χ2n) is 6.19. The Morgan fingerprint density at radius 3 is 2.41 bits per heavy atom. The number of benzene rings is 3. The number of non-ortho nitro benzene ring substituents is 1. The predicted molar refractivity (Wildman–Crippen MR) is 114 cm³/mol. The zero-order valence-electron chi connectivity index (χ0n) is 15.9. The molecule has 0 heterocycles. The lowest BCUT2D eigenvalue weighted by molar-refractivity contribution is -0.384. The Kier molecular flexibility index (Phi) is 6.37. The normalized spacial score (nSPS) is 11.0. The maximum absolute atomic E-state index is 13.0. The Morgan fingerprint density at radius 1 is 1.03 bits per heavy atom. The van der Waals surface area contributed by atoms with Gasteiger partial charge in [0.05, 0.1) is 11.5 Å². The molecule has 1 amide bonds. The molecule has 3 aromatic carbocycles. The Balaban J connectivity index is 1.92. The van der Waals surface area contributed by atoms with Gasteiger partial charge in [-0.15, -0.1) is 0 Å². The largest absolute Gasteiger partial charge is 0.494 e. The second-order valence-corrected chi connectivity index (χ2v) is 6.19. The van der Waals surface area contributed by atoms with Crippen LogP contribution in [0.1, 0.15) is 18.1 Å². The summed E-state index contributed by atoms with van der Waals surface area (Å²) in [6.45, 7) is 2.47. The first-order valence-corrected chi connectivity index (χ1v) is 9.12. The lowest BCUT2D eigenvalue weighted by atomic mass is 10.0. The highest BCUT2D eigenvalue weighted by molar-refractivity contribution is 6.29. The molecule has 0 bridgehead atoms. The maximum Gasteiger partial charge on any atom is 0.270 e. The van der Waals surface area contributed by atoms with E-state index in [-0.39, 0.29) is 11.6 Å². The van der Waals surface area contributed by atoms with E-state index in [2.05, 4.69) is 5.32 Å². The van der Waals surface area contributed by atoms with E-state index in [1.165, 1.54) is 12.1 Å². The number of carbonyl (C=O) groups excluding carboxylic acids is 1. The standard InChI is InChI=1S/C23H20N2O4/c1-2-29-21-13-11-19(12-14-21)24-23(26)22(18-8-4-3-5-9-18)16-17-7-6-10-20(15-17)25(27)28/h3-16H,2H2,1H3,(H,24,26)/b22-16+. The van der Waals surface area contributed by atoms with Gasteiger partial charge < -0.3 is 10.1 Å². The highest BCUT2D eigenvalue weighted by Crippen LogP contribution is 2.23. The minimum atomic E-state index is -0.459. The summed E-state index contributed by atoms with van der Waals surface area (Å²) < 4.78 is 5.41. The summed E-state index contributed by atoms with van der Waals surface area (Å²) in [7, 11) is 0. The lowest BCUT2D eigenvalue weighted by Crippen LogP contribution is -2.13. The predicted octanol–water partition coefficient (Wildman–Crippen LogP) is 5.17. The van der Waals surface area contributed by atoms with E-state index < -0.39 is 4.92 Å². The van der Waals surface area contributed by atoms with Crippen molar-refractivity contribution in [2.24, 2.45) is 0 Å². The molecule has 1 N–H and O–H groups in total. The van der Waals surface area contributed by atoms with Crippen LogP contribution >= 0.6 is 0 Å². The first-order valence-electron chi connectivity index (χ1n) is 9.12. The number of carbonyl (C=O) groups is 1. The number of nitrogens with one attached hydrogen (secondary N) is 1. The minimum absolute atomic E-state index is 0.0296. The molecule has 6 nitrogen and oxygen atoms in total. The third kappa shape index (κ3) is 5.29. The van der Waals surface area contributed by atoms with Crippen molar-refractivity contribution < 1.29 is 14.5 Å². The molecular formula is C23H20N2O4. The van der Waals surface area contributed by atoms with Crippen LogP contribution in [0, 0.1) is 10.1 Å². The molecule has 0 fully saturated rings. The SMILES string of the molecule is CCOc1ccc(NC(=O)/C(=C/c2cccc([N+](=O)[O-])c2)c2ccccc2)cc1. The van der Waals surface area contributed by atoms with Gasteiger partial charge in [-0.1, -0.05) is 42.5 Å². The van der Waals surface area contributed by atoms with E-state index in [4.69, 9.17) is 4.74 Å². The topological polar surface area (TPSA) is 81.5 Å². The van der Waals surface area contributed by atoms with Crippen LogP contribution in [0.3, 0.4) is 0 Å². The van der Waals surface area contributed by atoms with Crippen LogP contribution in [0.5, 0.6) is 5.75 Å². The van der Waals surface area contributed by atoms with Crippen LogP contribution in [0.4, 0.5) is 11.4 Å². The molecule has 0 aliphatic rings. The van der Waals surface area contributed by atoms with E-state index in [1.807, 2.05) is 37.3 Å². The summed E-state index contributed by atoms with van der Waals surface area (Å²) in [6.07, 6.45) is 1.65. The molecular weight excluding hydrogens is 368 g/mol. The van der Waals surface area contributed by atoms with Gasteiger partial charge in [0.1, 0.15) is 5.75 Å². The van der Waals surface area contributed by atoms with Gasteiger partial charge in [-0.25, -0.2) is 0 Å². The van der Waals surface area contributed by atoms with Crippen molar-refractivity contribution in [3.05, 3.63) is 100 Å². The van der Waals surface area contributed by atoms with Gasteiger partial charge in [0.2, 0.25) is 0 Å². The van der Waals surface area contributed by atoms with Crippen molar-refractivity contribution in [1.29, 1.82) is 0 Å². The van der Waals surface area contributed by atoms with E-state index in [1.54, 1.807) is 42.5 Å². The molecule has 0 unspecified atom stereocenters. The summed E-state index contributed by atoms with van der Waals surface area (Å²) in [4.78, 5) is 23.6. The van der Waals surface area contributed by atoms with Crippen LogP contribution in [0.25, 0.3) is 11.6 Å². The Bertz CT molecular complexity index is 1030. The molecule has 6 heteroatoms. The number of nitro groups is 1. The molecule has 3 rings (SSSR count). The van der Waals surface area contributed by atoms with Gasteiger partial charge >= 0.3 is 0 Å². The zero-order chi connectivity index (χ0) is 20.6. The van der Waals surface area contributed by atoms with Gasteiger partial charge in [-0.2, -0.15) is 0 Å². The lowest BCUT2D eigenvalue weighted by Gasteiger charge is -2.11. The van der Waals surface area contributed by atoms with Gasteiger partial charge in [0.25, 0.3) is 11.6 Å². The number of rotatable bonds is 7. The summed E-state index contributed by atoms with van der Waals surface area (Å²) in [5, 5.41) is 13.9. The number of anilines is 1. The molecule has 0 atom stereocenters. The summed E-state index contributed by atoms with van der Waals surface area (Å²) in [5.74, 6) is 0.410. The van der Waals surface area contributed by atoms with Crippen LogP contribution in [-0.4, -0.2) is 17.4 Å². The number of amides is 1. The fourth-order valence-electron chi connectivity index (χ4n) is 2.79. The molecule has 0 aromatic heterocycles. The van der Waals surface area contributed by atoms with Crippen LogP contribution in [-0.2, 0) is 4.79 Å². The minimum Gasteiger partial charge on any atom is -0.494 e. The Hall–Kier alpha value is -3.93. The molecule has 29 heavy (non-hydrogen) atoms. The van der Waals surface area contributed by atoms with Crippen molar-refractivity contribution in [2.45, 2.75) is 6.92 Å². The fourth-order valence-corrected chi connectivity index (χ4v) is 2.79. The number of nitro benzene ring substituents is 1. The van der Waals surface area contributed by atoms with Crippen molar-refractivity contribution in [3.63, 3.8) is 0 Å². The first-order chi connectivity index (χ1) is 14.1. The van der Waals surface area contributed by atoms with Gasteiger partial charge in [-0.3, -0.25) is 14.9 Å². The average molecular weight is 388 g/mol. The molecule has 0 saturated carbocycles. The quantitative estimate of drug-likeness (QED) is 0.262. The molecule has 3 aromatic rings. The molecule has 0 aliphatic heterocycles. The highest BCUT2D eigenvalue weighted by atomic mass is 16.6. The highest BCUT2D eigenvalue weighted by Gasteiger charge is 2.14. The Morgan fingerprint density at radius 2 is 1.76 bits per heavy atom. The van der Waals surface area contributed by atoms with Gasteiger partial charge in [0.15, 0.2) is 0 Å². The number of hydrogen-bond acceptors (Lipinski definition) is 4. The average Bonchev–Trinajstić information content (AvgIpc) is 2.74. The van der Waals surface area contributed by atoms with Crippen molar-refractivity contribution in [3.8, 4) is 5.75 Å². The van der Waals surface area contributed by atoms with Gasteiger partial charge in [-0.05, 0) is 48.4 Å². The van der Waals surface area contributed by atoms with Crippen LogP contribution in [0.2, 0.25) is 0 Å². The number of ether oxygens (including phenoxy) is 1. The van der Waals surface area contributed by atoms with E-state index >= 15 is 0 Å². The fraction of sp³-hybridized carbons (Fsp3) is 0.0870. The summed E-state index contributed by atoms with van der Waals surface area (Å²) in [6, 6.07) is 22.4. The molecule has 0 radical (unpaired) electrons. The Labute approximate surface area is 168 Å². The van der Waals surface area contributed by atoms with Gasteiger partial charge in [0, 0.05) is 23.4 Å². The monoisotopic (exact) mass is 388 g/mol. The van der Waals surface area contributed by atoms with Crippen molar-refractivity contribution >= 4 is 28.9 Å². The molecule has 0 spiro atoms. The van der Waals surface area contributed by atoms with Crippen LogP contribution in [0.15, 0.2) is 78.9 Å². The third-order valence-electron chi connectivity index (χ3n) is 4.14. The van der Waals surface area contributed by atoms with E-state index in [9.17, 15) is 14.9 Å². The van der Waals surface area contributed by atoms with Crippen molar-refractivity contribution in [1.82, 2.24) is 0 Å². The second kappa shape index (κ2) is 9.32. The van der Waals surface area contributed by atoms with E-state index in [0.717, 1.165) is 5.75 Å². The van der Waals surface area contributed by atoms with E-state index in [0.29, 0.717) is 29.0 Å². The summed E-state index contributed by atoms with van der Waals surface area (Å²) in [5.41, 5.74) is 2.28. The smallest absolute Gasteiger partial charge is 0.270 e. The molecule has 0 aliphatic carbocycles. The van der Waals surface area contributed by atoms with Crippen molar-refractivity contribution in [2.75, 3.05) is 11.9 Å². The third-order valence-corrected chi connectivity index (χ3v) is 4.14. The zero-order valence-corrected chi connectivity index (χ0v) is 15.9. The molecule has 146 valence electrons. The summed E-state index contributed by atoms with van der Waals surface area (Å²) >= 11 is 0. The number of hydrogen-bond donors (Lipinski definition) is 1. The first kappa shape index (κ1) is 19.8.